The number of hydrogen-bond acceptors (Lipinski definition) is 5. The fourth-order valence-corrected chi connectivity index (χ4v) is 1.69. The Morgan fingerprint density at radius 2 is 1.95 bits per heavy atom. The fraction of sp³-hybridized carbons (Fsp3) is 0.467. The molecule has 5 nitrogen and oxygen atoms in total. The van der Waals surface area contributed by atoms with Gasteiger partial charge in [-0.2, -0.15) is 0 Å². The highest BCUT2D eigenvalue weighted by molar-refractivity contribution is 5.95. The molecule has 0 spiro atoms. The van der Waals surface area contributed by atoms with Crippen LogP contribution in [0.3, 0.4) is 0 Å². The van der Waals surface area contributed by atoms with Gasteiger partial charge in [-0.05, 0) is 37.5 Å². The predicted molar refractivity (Wildman–Crippen MR) is 76.4 cm³/mol. The van der Waals surface area contributed by atoms with Crippen LogP contribution in [-0.4, -0.2) is 25.2 Å². The van der Waals surface area contributed by atoms with E-state index in [4.69, 9.17) is 15.2 Å². The number of nitrogen functional groups attached to an aromatic ring is 1. The lowest BCUT2D eigenvalue weighted by atomic mass is 10.0. The van der Waals surface area contributed by atoms with Gasteiger partial charge in [-0.15, -0.1) is 0 Å². The Labute approximate surface area is 119 Å². The number of carbonyl (C=O) groups is 2. The number of nitrogens with two attached hydrogens (primary N) is 1. The van der Waals surface area contributed by atoms with Crippen molar-refractivity contribution in [2.24, 2.45) is 0 Å². The van der Waals surface area contributed by atoms with E-state index in [0.29, 0.717) is 30.9 Å². The molecule has 110 valence electrons. The Morgan fingerprint density at radius 1 is 1.20 bits per heavy atom. The lowest BCUT2D eigenvalue weighted by Crippen LogP contribution is -2.10. The van der Waals surface area contributed by atoms with Crippen molar-refractivity contribution in [2.45, 2.75) is 33.1 Å². The van der Waals surface area contributed by atoms with Gasteiger partial charge in [0.25, 0.3) is 0 Å². The van der Waals surface area contributed by atoms with E-state index < -0.39 is 5.97 Å². The zero-order chi connectivity index (χ0) is 15.0. The second-order valence-corrected chi connectivity index (χ2v) is 4.36. The van der Waals surface area contributed by atoms with Crippen molar-refractivity contribution in [1.82, 2.24) is 0 Å². The van der Waals surface area contributed by atoms with E-state index in [-0.39, 0.29) is 12.4 Å². The summed E-state index contributed by atoms with van der Waals surface area (Å²) >= 11 is 0. The van der Waals surface area contributed by atoms with Crippen LogP contribution in [0.25, 0.3) is 0 Å². The van der Waals surface area contributed by atoms with Crippen LogP contribution in [0.1, 0.15) is 42.6 Å². The van der Waals surface area contributed by atoms with Crippen LogP contribution in [0.5, 0.6) is 0 Å². The lowest BCUT2D eigenvalue weighted by Gasteiger charge is -2.08. The molecular formula is C15H21NO4. The number of anilines is 1. The second-order valence-electron chi connectivity index (χ2n) is 4.36. The highest BCUT2D eigenvalue weighted by Gasteiger charge is 2.12. The number of carbonyl (C=O) groups excluding carboxylic acids is 2. The van der Waals surface area contributed by atoms with Crippen molar-refractivity contribution < 1.29 is 19.1 Å². The minimum atomic E-state index is -0.428. The minimum Gasteiger partial charge on any atom is -0.466 e. The van der Waals surface area contributed by atoms with Gasteiger partial charge in [-0.3, -0.25) is 4.79 Å². The summed E-state index contributed by atoms with van der Waals surface area (Å²) in [4.78, 5) is 23.1. The predicted octanol–water partition coefficient (Wildman–Crippen LogP) is 2.33. The van der Waals surface area contributed by atoms with Crippen LogP contribution in [0.4, 0.5) is 5.69 Å². The topological polar surface area (TPSA) is 78.6 Å². The quantitative estimate of drug-likeness (QED) is 0.612. The number of aryl methyl sites for hydroxylation is 1. The van der Waals surface area contributed by atoms with E-state index in [1.54, 1.807) is 25.1 Å². The SMILES string of the molecule is CCCOC(=O)c1cc(CCC(=O)OCC)ccc1N. The Balaban J connectivity index is 2.70. The number of hydrogen-bond donors (Lipinski definition) is 1. The lowest BCUT2D eigenvalue weighted by molar-refractivity contribution is -0.143. The average Bonchev–Trinajstić information content (AvgIpc) is 2.44. The fourth-order valence-electron chi connectivity index (χ4n) is 1.69. The standard InChI is InChI=1S/C15H21NO4/c1-3-9-20-15(18)12-10-11(5-7-13(12)16)6-8-14(17)19-4-2/h5,7,10H,3-4,6,8-9,16H2,1-2H3. The first-order chi connectivity index (χ1) is 9.58. The maximum atomic E-state index is 11.8. The summed E-state index contributed by atoms with van der Waals surface area (Å²) in [6, 6.07) is 5.13. The van der Waals surface area contributed by atoms with Crippen LogP contribution in [0.15, 0.2) is 18.2 Å². The number of esters is 2. The van der Waals surface area contributed by atoms with Gasteiger partial charge in [-0.25, -0.2) is 4.79 Å². The molecule has 0 atom stereocenters. The monoisotopic (exact) mass is 279 g/mol. The highest BCUT2D eigenvalue weighted by atomic mass is 16.5. The Kier molecular flexibility index (Phi) is 6.56. The van der Waals surface area contributed by atoms with E-state index in [0.717, 1.165) is 12.0 Å². The molecule has 0 aliphatic carbocycles. The van der Waals surface area contributed by atoms with Gasteiger partial charge >= 0.3 is 11.9 Å². The first-order valence-electron chi connectivity index (χ1n) is 6.79. The zero-order valence-electron chi connectivity index (χ0n) is 12.0. The smallest absolute Gasteiger partial charge is 0.340 e. The normalized spacial score (nSPS) is 10.1. The Morgan fingerprint density at radius 3 is 2.60 bits per heavy atom. The maximum Gasteiger partial charge on any atom is 0.340 e. The maximum absolute atomic E-state index is 11.8. The van der Waals surface area contributed by atoms with E-state index in [1.807, 2.05) is 6.92 Å². The molecule has 0 saturated carbocycles. The molecule has 1 rings (SSSR count). The summed E-state index contributed by atoms with van der Waals surface area (Å²) in [6.45, 7) is 4.43. The highest BCUT2D eigenvalue weighted by Crippen LogP contribution is 2.17. The van der Waals surface area contributed by atoms with Gasteiger partial charge < -0.3 is 15.2 Å². The molecule has 0 amide bonds. The zero-order valence-corrected chi connectivity index (χ0v) is 12.0. The van der Waals surface area contributed by atoms with Crippen molar-refractivity contribution in [3.8, 4) is 0 Å². The molecule has 1 aromatic rings. The van der Waals surface area contributed by atoms with Crippen LogP contribution in [0, 0.1) is 0 Å². The summed E-state index contributed by atoms with van der Waals surface area (Å²) in [7, 11) is 0. The number of rotatable bonds is 7. The third-order valence-corrected chi connectivity index (χ3v) is 2.70. The largest absolute Gasteiger partial charge is 0.466 e. The van der Waals surface area contributed by atoms with E-state index in [1.165, 1.54) is 0 Å². The molecule has 0 unspecified atom stereocenters. The van der Waals surface area contributed by atoms with Gasteiger partial charge in [0, 0.05) is 12.1 Å². The van der Waals surface area contributed by atoms with Crippen LogP contribution < -0.4 is 5.73 Å². The van der Waals surface area contributed by atoms with Crippen molar-refractivity contribution in [3.05, 3.63) is 29.3 Å². The van der Waals surface area contributed by atoms with Crippen molar-refractivity contribution in [3.63, 3.8) is 0 Å². The molecule has 2 N–H and O–H groups in total. The Bertz CT molecular complexity index is 471. The van der Waals surface area contributed by atoms with Crippen molar-refractivity contribution in [2.75, 3.05) is 18.9 Å². The molecule has 20 heavy (non-hydrogen) atoms. The summed E-state index contributed by atoms with van der Waals surface area (Å²) < 4.78 is 9.93. The third kappa shape index (κ3) is 4.91. The van der Waals surface area contributed by atoms with Gasteiger partial charge in [0.2, 0.25) is 0 Å². The molecule has 0 fully saturated rings. The van der Waals surface area contributed by atoms with E-state index >= 15 is 0 Å². The van der Waals surface area contributed by atoms with Crippen molar-refractivity contribution >= 4 is 17.6 Å². The summed E-state index contributed by atoms with van der Waals surface area (Å²) in [5, 5.41) is 0. The van der Waals surface area contributed by atoms with E-state index in [2.05, 4.69) is 0 Å². The summed E-state index contributed by atoms with van der Waals surface area (Å²) in [6.07, 6.45) is 1.54. The molecule has 0 heterocycles. The van der Waals surface area contributed by atoms with Crippen LogP contribution in [-0.2, 0) is 20.7 Å². The van der Waals surface area contributed by atoms with Crippen LogP contribution >= 0.6 is 0 Å². The first-order valence-corrected chi connectivity index (χ1v) is 6.79. The number of ether oxygens (including phenoxy) is 2. The molecule has 0 radical (unpaired) electrons. The molecule has 5 heteroatoms. The Hall–Kier alpha value is -2.04. The van der Waals surface area contributed by atoms with E-state index in [9.17, 15) is 9.59 Å². The molecule has 0 bridgehead atoms. The molecular weight excluding hydrogens is 258 g/mol. The van der Waals surface area contributed by atoms with Gasteiger partial charge in [0.05, 0.1) is 18.8 Å². The molecule has 0 aromatic heterocycles. The third-order valence-electron chi connectivity index (χ3n) is 2.70. The van der Waals surface area contributed by atoms with Gasteiger partial charge in [0.1, 0.15) is 0 Å². The molecule has 0 aliphatic rings. The van der Waals surface area contributed by atoms with Gasteiger partial charge in [0.15, 0.2) is 0 Å². The van der Waals surface area contributed by atoms with Gasteiger partial charge in [-0.1, -0.05) is 13.0 Å². The number of benzene rings is 1. The van der Waals surface area contributed by atoms with Crippen molar-refractivity contribution in [1.29, 1.82) is 0 Å². The second kappa shape index (κ2) is 8.19. The summed E-state index contributed by atoms with van der Waals surface area (Å²) in [5.74, 6) is -0.679. The molecule has 0 aliphatic heterocycles. The average molecular weight is 279 g/mol. The minimum absolute atomic E-state index is 0.251. The summed E-state index contributed by atoms with van der Waals surface area (Å²) in [5.41, 5.74) is 7.36. The molecule has 1 aromatic carbocycles. The van der Waals surface area contributed by atoms with Crippen LogP contribution in [0.2, 0.25) is 0 Å². The first kappa shape index (κ1) is 16.0. The molecule has 0 saturated heterocycles.